The van der Waals surface area contributed by atoms with Crippen LogP contribution >= 0.6 is 0 Å². The molecule has 1 saturated heterocycles. The molecule has 3 aromatic rings. The molecule has 0 aliphatic carbocycles. The quantitative estimate of drug-likeness (QED) is 0.630. The van der Waals surface area contributed by atoms with Crippen molar-refractivity contribution < 1.29 is 13.7 Å². The summed E-state index contributed by atoms with van der Waals surface area (Å²) in [4.78, 5) is 25.9. The van der Waals surface area contributed by atoms with E-state index in [-0.39, 0.29) is 23.8 Å². The van der Waals surface area contributed by atoms with Gasteiger partial charge < -0.3 is 9.42 Å². The molecule has 9 heteroatoms. The monoisotopic (exact) mass is 410 g/mol. The Balaban J connectivity index is 1.66. The molecule has 2 aliphatic heterocycles. The number of benzene rings is 1. The highest BCUT2D eigenvalue weighted by atomic mass is 19.1. The predicted molar refractivity (Wildman–Crippen MR) is 108 cm³/mol. The highest BCUT2D eigenvalue weighted by Crippen LogP contribution is 2.43. The van der Waals surface area contributed by atoms with Gasteiger partial charge in [-0.3, -0.25) is 9.47 Å². The van der Waals surface area contributed by atoms with Crippen molar-refractivity contribution in [2.45, 2.75) is 45.6 Å². The van der Waals surface area contributed by atoms with E-state index in [0.717, 1.165) is 18.5 Å². The zero-order valence-electron chi connectivity index (χ0n) is 17.2. The van der Waals surface area contributed by atoms with Crippen LogP contribution in [0.1, 0.15) is 57.1 Å². The van der Waals surface area contributed by atoms with E-state index >= 15 is 0 Å². The Morgan fingerprint density at radius 2 is 2.00 bits per heavy atom. The highest BCUT2D eigenvalue weighted by Gasteiger charge is 2.39. The number of hydrogen-bond acceptors (Lipinski definition) is 5. The minimum Gasteiger partial charge on any atom is -0.332 e. The fraction of sp³-hybridized carbons (Fsp3) is 0.429. The number of carbonyl (C=O) groups is 1. The number of likely N-dealkylation sites (tertiary alicyclic amines) is 1. The second-order valence-electron chi connectivity index (χ2n) is 8.12. The molecule has 1 aromatic carbocycles. The van der Waals surface area contributed by atoms with Crippen molar-refractivity contribution in [1.82, 2.24) is 24.6 Å². The maximum atomic E-state index is 14.2. The lowest BCUT2D eigenvalue weighted by Gasteiger charge is -2.38. The summed E-state index contributed by atoms with van der Waals surface area (Å²) < 4.78 is 21.5. The van der Waals surface area contributed by atoms with Gasteiger partial charge in [0.15, 0.2) is 11.5 Å². The van der Waals surface area contributed by atoms with E-state index in [1.54, 1.807) is 17.3 Å². The molecule has 0 N–H and O–H groups in total. The number of aromatic nitrogens is 4. The fourth-order valence-electron chi connectivity index (χ4n) is 4.23. The molecule has 4 heterocycles. The number of hydrogen-bond donors (Lipinski definition) is 0. The zero-order chi connectivity index (χ0) is 21.0. The molecule has 156 valence electrons. The van der Waals surface area contributed by atoms with Crippen LogP contribution in [0.2, 0.25) is 0 Å². The third kappa shape index (κ3) is 2.79. The average Bonchev–Trinajstić information content (AvgIpc) is 3.46. The van der Waals surface area contributed by atoms with Crippen LogP contribution in [0.5, 0.6) is 0 Å². The van der Waals surface area contributed by atoms with Crippen molar-refractivity contribution in [3.8, 4) is 17.3 Å². The first-order valence-corrected chi connectivity index (χ1v) is 10.2. The Bertz CT molecular complexity index is 1110. The highest BCUT2D eigenvalue weighted by molar-refractivity contribution is 5.96. The number of amides is 2. The Kier molecular flexibility index (Phi) is 4.34. The normalized spacial score (nSPS) is 18.1. The number of anilines is 1. The first-order chi connectivity index (χ1) is 14.5. The Morgan fingerprint density at radius 3 is 2.70 bits per heavy atom. The molecule has 8 nitrogen and oxygen atoms in total. The van der Waals surface area contributed by atoms with Gasteiger partial charge in [0.05, 0.1) is 23.1 Å². The van der Waals surface area contributed by atoms with E-state index in [0.29, 0.717) is 41.9 Å². The summed E-state index contributed by atoms with van der Waals surface area (Å²) in [6.45, 7) is 7.31. The van der Waals surface area contributed by atoms with Crippen LogP contribution in [0.15, 0.2) is 29.0 Å². The molecule has 2 amide bonds. The summed E-state index contributed by atoms with van der Waals surface area (Å²) in [6, 6.07) is 3.95. The van der Waals surface area contributed by atoms with Crippen molar-refractivity contribution in [2.75, 3.05) is 18.0 Å². The van der Waals surface area contributed by atoms with Crippen molar-refractivity contribution in [3.63, 3.8) is 0 Å². The lowest BCUT2D eigenvalue weighted by Crippen LogP contribution is -2.45. The molecule has 0 radical (unpaired) electrons. The lowest BCUT2D eigenvalue weighted by atomic mass is 10.1. The van der Waals surface area contributed by atoms with Crippen molar-refractivity contribution >= 4 is 11.7 Å². The predicted octanol–water partition coefficient (Wildman–Crippen LogP) is 4.28. The average molecular weight is 410 g/mol. The van der Waals surface area contributed by atoms with Crippen LogP contribution in [0.3, 0.4) is 0 Å². The standard InChI is InChI=1S/C21H23FN6O2/c1-12(2)19-24-20(30-25-19)17-18-13(3)28(21(29)26-8-4-5-9-26)16-10-14(22)6-7-15(16)27(18)11-23-17/h6-7,10-13H,4-5,8-9H2,1-3H3/t13-/m0/s1. The molecule has 30 heavy (non-hydrogen) atoms. The molecule has 5 rings (SSSR count). The van der Waals surface area contributed by atoms with Gasteiger partial charge in [0.25, 0.3) is 5.89 Å². The molecule has 2 aromatic heterocycles. The van der Waals surface area contributed by atoms with Crippen molar-refractivity contribution in [1.29, 1.82) is 0 Å². The lowest BCUT2D eigenvalue weighted by molar-refractivity contribution is 0.213. The number of nitrogens with zero attached hydrogens (tertiary/aromatic N) is 6. The number of urea groups is 1. The summed E-state index contributed by atoms with van der Waals surface area (Å²) in [6.07, 6.45) is 3.62. The zero-order valence-corrected chi connectivity index (χ0v) is 17.2. The Hall–Kier alpha value is -3.23. The van der Waals surface area contributed by atoms with Crippen molar-refractivity contribution in [2.24, 2.45) is 0 Å². The number of halogens is 1. The molecule has 2 aliphatic rings. The SMILES string of the molecule is CC(C)c1noc(-c2ncn3c2[C@H](C)N(C(=O)N2CCCC2)c2cc(F)ccc2-3)n1. The number of rotatable bonds is 2. The molecular weight excluding hydrogens is 387 g/mol. The number of carbonyl (C=O) groups excluding carboxylic acids is 1. The fourth-order valence-corrected chi connectivity index (χ4v) is 4.23. The van der Waals surface area contributed by atoms with Crippen LogP contribution in [0.4, 0.5) is 14.9 Å². The van der Waals surface area contributed by atoms with Gasteiger partial charge >= 0.3 is 6.03 Å². The number of imidazole rings is 1. The first kappa shape index (κ1) is 18.8. The topological polar surface area (TPSA) is 80.3 Å². The van der Waals surface area contributed by atoms with Crippen LogP contribution in [-0.4, -0.2) is 43.7 Å². The third-order valence-electron chi connectivity index (χ3n) is 5.79. The Morgan fingerprint density at radius 1 is 1.23 bits per heavy atom. The van der Waals surface area contributed by atoms with Gasteiger partial charge in [0, 0.05) is 19.0 Å². The van der Waals surface area contributed by atoms with Crippen LogP contribution < -0.4 is 4.90 Å². The Labute approximate surface area is 173 Å². The maximum Gasteiger partial charge on any atom is 0.325 e. The summed E-state index contributed by atoms with van der Waals surface area (Å²) in [5.41, 5.74) is 2.53. The van der Waals surface area contributed by atoms with E-state index in [2.05, 4.69) is 15.1 Å². The molecule has 0 spiro atoms. The summed E-state index contributed by atoms with van der Waals surface area (Å²) in [7, 11) is 0. The van der Waals surface area contributed by atoms with E-state index in [9.17, 15) is 9.18 Å². The van der Waals surface area contributed by atoms with Gasteiger partial charge in [-0.2, -0.15) is 4.98 Å². The van der Waals surface area contributed by atoms with Gasteiger partial charge in [0.1, 0.15) is 12.1 Å². The molecule has 1 atom stereocenters. The summed E-state index contributed by atoms with van der Waals surface area (Å²) in [5, 5.41) is 4.04. The second-order valence-corrected chi connectivity index (χ2v) is 8.12. The van der Waals surface area contributed by atoms with Crippen LogP contribution in [0, 0.1) is 5.82 Å². The second kappa shape index (κ2) is 6.93. The molecule has 1 fully saturated rings. The van der Waals surface area contributed by atoms with Crippen LogP contribution in [0.25, 0.3) is 17.3 Å². The van der Waals surface area contributed by atoms with E-state index < -0.39 is 0 Å². The molecule has 0 saturated carbocycles. The van der Waals surface area contributed by atoms with Crippen molar-refractivity contribution in [3.05, 3.63) is 41.9 Å². The van der Waals surface area contributed by atoms with Gasteiger partial charge in [-0.15, -0.1) is 0 Å². The molecule has 0 bridgehead atoms. The third-order valence-corrected chi connectivity index (χ3v) is 5.79. The van der Waals surface area contributed by atoms with Crippen LogP contribution in [-0.2, 0) is 0 Å². The van der Waals surface area contributed by atoms with Gasteiger partial charge in [-0.25, -0.2) is 14.2 Å². The van der Waals surface area contributed by atoms with Gasteiger partial charge in [-0.05, 0) is 38.0 Å². The summed E-state index contributed by atoms with van der Waals surface area (Å²) >= 11 is 0. The minimum atomic E-state index is -0.390. The van der Waals surface area contributed by atoms with Gasteiger partial charge in [0.2, 0.25) is 0 Å². The molecule has 0 unspecified atom stereocenters. The van der Waals surface area contributed by atoms with E-state index in [1.807, 2.05) is 30.2 Å². The first-order valence-electron chi connectivity index (χ1n) is 10.2. The smallest absolute Gasteiger partial charge is 0.325 e. The van der Waals surface area contributed by atoms with E-state index in [1.165, 1.54) is 12.1 Å². The molecular formula is C21H23FN6O2. The largest absolute Gasteiger partial charge is 0.332 e. The van der Waals surface area contributed by atoms with E-state index in [4.69, 9.17) is 4.52 Å². The minimum absolute atomic E-state index is 0.121. The maximum absolute atomic E-state index is 14.2. The summed E-state index contributed by atoms with van der Waals surface area (Å²) in [5.74, 6) is 0.652. The number of fused-ring (bicyclic) bond motifs is 3. The van der Waals surface area contributed by atoms with Gasteiger partial charge in [-0.1, -0.05) is 19.0 Å².